The summed E-state index contributed by atoms with van der Waals surface area (Å²) in [6.07, 6.45) is 3.20. The van der Waals surface area contributed by atoms with Crippen molar-refractivity contribution in [3.8, 4) is 0 Å². The molecule has 0 aliphatic rings. The smallest absolute Gasteiger partial charge is 0.181 e. The van der Waals surface area contributed by atoms with Crippen molar-refractivity contribution in [1.82, 2.24) is 0 Å². The Bertz CT molecular complexity index is 432. The third-order valence-electron chi connectivity index (χ3n) is 1.95. The monoisotopic (exact) mass is 244 g/mol. The van der Waals surface area contributed by atoms with Gasteiger partial charge >= 0.3 is 0 Å². The molecule has 0 heterocycles. The summed E-state index contributed by atoms with van der Waals surface area (Å²) in [5.74, 6) is 0.339. The first-order chi connectivity index (χ1) is 7.06. The highest BCUT2D eigenvalue weighted by Crippen LogP contribution is 2.12. The first-order valence-corrected chi connectivity index (χ1v) is 6.75. The van der Waals surface area contributed by atoms with E-state index in [1.165, 1.54) is 0 Å². The van der Waals surface area contributed by atoms with Crippen molar-refractivity contribution in [2.24, 2.45) is 0 Å². The molecule has 82 valence electrons. The second-order valence-corrected chi connectivity index (χ2v) is 5.56. The largest absolute Gasteiger partial charge is 0.223 e. The zero-order valence-corrected chi connectivity index (χ0v) is 10.1. The van der Waals surface area contributed by atoms with Crippen LogP contribution >= 0.6 is 11.6 Å². The molecule has 0 saturated heterocycles. The fraction of sp³-hybridized carbons (Fsp3) is 0.273. The summed E-state index contributed by atoms with van der Waals surface area (Å²) in [4.78, 5) is 0.354. The van der Waals surface area contributed by atoms with Crippen LogP contribution < -0.4 is 0 Å². The lowest BCUT2D eigenvalue weighted by Crippen LogP contribution is -2.04. The minimum atomic E-state index is -3.19. The second kappa shape index (κ2) is 5.33. The van der Waals surface area contributed by atoms with E-state index >= 15 is 0 Å². The average molecular weight is 245 g/mol. The molecule has 0 radical (unpaired) electrons. The molecule has 0 aromatic heterocycles. The lowest BCUT2D eigenvalue weighted by Gasteiger charge is -2.01. The first kappa shape index (κ1) is 12.3. The van der Waals surface area contributed by atoms with Crippen molar-refractivity contribution in [2.45, 2.75) is 11.8 Å². The van der Waals surface area contributed by atoms with Crippen LogP contribution in [0.2, 0.25) is 0 Å². The van der Waals surface area contributed by atoms with Crippen molar-refractivity contribution < 1.29 is 8.42 Å². The van der Waals surface area contributed by atoms with Gasteiger partial charge < -0.3 is 0 Å². The van der Waals surface area contributed by atoms with Crippen LogP contribution in [-0.2, 0) is 9.84 Å². The van der Waals surface area contributed by atoms with Gasteiger partial charge in [0.15, 0.2) is 9.84 Å². The van der Waals surface area contributed by atoms with Crippen LogP contribution in [0.15, 0.2) is 41.3 Å². The Balaban J connectivity index is 2.87. The van der Waals surface area contributed by atoms with Crippen LogP contribution in [0.3, 0.4) is 0 Å². The highest BCUT2D eigenvalue weighted by Gasteiger charge is 2.11. The fourth-order valence-electron chi connectivity index (χ4n) is 1.10. The summed E-state index contributed by atoms with van der Waals surface area (Å²) in [7, 11) is -3.19. The lowest BCUT2D eigenvalue weighted by molar-refractivity contribution is 0.599. The summed E-state index contributed by atoms with van der Waals surface area (Å²) in [6, 6.07) is 6.83. The molecule has 0 unspecified atom stereocenters. The van der Waals surface area contributed by atoms with Crippen molar-refractivity contribution in [3.05, 3.63) is 42.0 Å². The topological polar surface area (TPSA) is 34.1 Å². The zero-order valence-electron chi connectivity index (χ0n) is 8.48. The molecule has 0 fully saturated rings. The van der Waals surface area contributed by atoms with Gasteiger partial charge in [-0.25, -0.2) is 8.42 Å². The third-order valence-corrected chi connectivity index (χ3v) is 3.75. The third kappa shape index (κ3) is 3.68. The van der Waals surface area contributed by atoms with E-state index in [1.807, 2.05) is 6.92 Å². The highest BCUT2D eigenvalue weighted by atomic mass is 35.5. The Morgan fingerprint density at radius 2 is 1.80 bits per heavy atom. The molecular formula is C11H13ClO2S. The van der Waals surface area contributed by atoms with Crippen LogP contribution in [0.4, 0.5) is 0 Å². The summed E-state index contributed by atoms with van der Waals surface area (Å²) in [5, 5.41) is 0. The maximum atomic E-state index is 11.7. The van der Waals surface area contributed by atoms with Crippen LogP contribution in [0.25, 0.3) is 0 Å². The Hall–Kier alpha value is -0.800. The summed E-state index contributed by atoms with van der Waals surface area (Å²) in [5.41, 5.74) is 1.05. The molecule has 0 spiro atoms. The van der Waals surface area contributed by atoms with Gasteiger partial charge in [0.25, 0.3) is 0 Å². The maximum Gasteiger partial charge on any atom is 0.181 e. The molecule has 4 heteroatoms. The summed E-state index contributed by atoms with van der Waals surface area (Å²) in [6.45, 7) is 1.92. The molecule has 0 aliphatic heterocycles. The Morgan fingerprint density at radius 3 is 2.33 bits per heavy atom. The van der Waals surface area contributed by atoms with Crippen LogP contribution in [0.5, 0.6) is 0 Å². The highest BCUT2D eigenvalue weighted by molar-refractivity contribution is 7.91. The van der Waals surface area contributed by atoms with Crippen molar-refractivity contribution in [3.63, 3.8) is 0 Å². The molecule has 0 atom stereocenters. The van der Waals surface area contributed by atoms with Gasteiger partial charge in [-0.05, 0) is 19.1 Å². The van der Waals surface area contributed by atoms with Gasteiger partial charge in [-0.2, -0.15) is 0 Å². The molecule has 1 rings (SSSR count). The van der Waals surface area contributed by atoms with Gasteiger partial charge in [-0.3, -0.25) is 0 Å². The number of halogens is 1. The molecule has 0 bridgehead atoms. The Labute approximate surface area is 95.5 Å². The number of hydrogen-bond donors (Lipinski definition) is 0. The average Bonchev–Trinajstić information content (AvgIpc) is 2.18. The van der Waals surface area contributed by atoms with E-state index in [4.69, 9.17) is 11.6 Å². The van der Waals surface area contributed by atoms with E-state index in [2.05, 4.69) is 0 Å². The molecule has 15 heavy (non-hydrogen) atoms. The lowest BCUT2D eigenvalue weighted by atomic mass is 10.2. The fourth-order valence-corrected chi connectivity index (χ4v) is 2.36. The number of hydrogen-bond acceptors (Lipinski definition) is 2. The number of benzene rings is 1. The number of allylic oxidation sites excluding steroid dienone is 1. The molecule has 1 aromatic rings. The Morgan fingerprint density at radius 1 is 1.20 bits per heavy atom. The van der Waals surface area contributed by atoms with E-state index in [1.54, 1.807) is 36.4 Å². The van der Waals surface area contributed by atoms with Crippen LogP contribution in [0.1, 0.15) is 5.56 Å². The van der Waals surface area contributed by atoms with Gasteiger partial charge in [0.05, 0.1) is 10.6 Å². The van der Waals surface area contributed by atoms with E-state index < -0.39 is 9.84 Å². The molecule has 0 N–H and O–H groups in total. The Kier molecular flexibility index (Phi) is 4.36. The summed E-state index contributed by atoms with van der Waals surface area (Å²) < 4.78 is 23.4. The number of aryl methyl sites for hydroxylation is 1. The number of rotatable bonds is 4. The van der Waals surface area contributed by atoms with Crippen molar-refractivity contribution >= 4 is 21.4 Å². The quantitative estimate of drug-likeness (QED) is 0.603. The predicted molar refractivity (Wildman–Crippen MR) is 63.1 cm³/mol. The minimum absolute atomic E-state index is 0.00276. The predicted octanol–water partition coefficient (Wildman–Crippen LogP) is 2.56. The van der Waals surface area contributed by atoms with Crippen molar-refractivity contribution in [2.75, 3.05) is 11.6 Å². The molecule has 0 amide bonds. The van der Waals surface area contributed by atoms with E-state index in [9.17, 15) is 8.42 Å². The van der Waals surface area contributed by atoms with E-state index in [0.717, 1.165) is 5.56 Å². The zero-order chi connectivity index (χ0) is 11.3. The second-order valence-electron chi connectivity index (χ2n) is 3.22. The van der Waals surface area contributed by atoms with Gasteiger partial charge in [-0.1, -0.05) is 29.8 Å². The molecular weight excluding hydrogens is 232 g/mol. The molecule has 0 aliphatic carbocycles. The number of alkyl halides is 1. The normalized spacial score (nSPS) is 12.1. The minimum Gasteiger partial charge on any atom is -0.223 e. The van der Waals surface area contributed by atoms with Gasteiger partial charge in [0.2, 0.25) is 0 Å². The summed E-state index contributed by atoms with van der Waals surface area (Å²) >= 11 is 5.42. The SMILES string of the molecule is Cc1ccc(S(=O)(=O)C/C=C/CCl)cc1. The molecule has 2 nitrogen and oxygen atoms in total. The van der Waals surface area contributed by atoms with Gasteiger partial charge in [0.1, 0.15) is 0 Å². The number of sulfone groups is 1. The standard InChI is InChI=1S/C11H13ClO2S/c1-10-4-6-11(7-5-10)15(13,14)9-3-2-8-12/h2-7H,8-9H2,1H3/b3-2+. The van der Waals surface area contributed by atoms with E-state index in [-0.39, 0.29) is 5.75 Å². The van der Waals surface area contributed by atoms with Gasteiger partial charge in [0, 0.05) is 5.88 Å². The van der Waals surface area contributed by atoms with Crippen LogP contribution in [0, 0.1) is 6.92 Å². The van der Waals surface area contributed by atoms with Crippen LogP contribution in [-0.4, -0.2) is 20.1 Å². The maximum absolute atomic E-state index is 11.7. The van der Waals surface area contributed by atoms with Gasteiger partial charge in [-0.15, -0.1) is 11.6 Å². The van der Waals surface area contributed by atoms with Crippen molar-refractivity contribution in [1.29, 1.82) is 0 Å². The molecule has 1 aromatic carbocycles. The van der Waals surface area contributed by atoms with E-state index in [0.29, 0.717) is 10.8 Å². The first-order valence-electron chi connectivity index (χ1n) is 4.56. The molecule has 0 saturated carbocycles.